The zero-order valence-corrected chi connectivity index (χ0v) is 14.4. The van der Waals surface area contributed by atoms with Crippen LogP contribution in [0.4, 0.5) is 16.8 Å². The Kier molecular flexibility index (Phi) is 4.52. The van der Waals surface area contributed by atoms with Crippen LogP contribution in [0, 0.1) is 20.8 Å². The lowest BCUT2D eigenvalue weighted by Crippen LogP contribution is -2.12. The number of amides is 1. The highest BCUT2D eigenvalue weighted by Gasteiger charge is 2.09. The van der Waals surface area contributed by atoms with Crippen LogP contribution in [0.5, 0.6) is 0 Å². The van der Waals surface area contributed by atoms with Gasteiger partial charge in [-0.3, -0.25) is 10.1 Å². The Balaban J connectivity index is 1.77. The Morgan fingerprint density at radius 1 is 1.08 bits per heavy atom. The topological polar surface area (TPSA) is 79.8 Å². The van der Waals surface area contributed by atoms with Crippen molar-refractivity contribution in [1.29, 1.82) is 0 Å². The summed E-state index contributed by atoms with van der Waals surface area (Å²) in [4.78, 5) is 26.2. The van der Waals surface area contributed by atoms with E-state index in [1.807, 2.05) is 39.0 Å². The number of anilines is 3. The van der Waals surface area contributed by atoms with Crippen LogP contribution in [0.2, 0.25) is 0 Å². The first-order chi connectivity index (χ1) is 11.5. The Morgan fingerprint density at radius 2 is 1.83 bits per heavy atom. The van der Waals surface area contributed by atoms with Crippen molar-refractivity contribution in [3.05, 3.63) is 58.4 Å². The average molecular weight is 339 g/mol. The molecule has 0 saturated heterocycles. The maximum atomic E-state index is 12.3. The van der Waals surface area contributed by atoms with Gasteiger partial charge < -0.3 is 5.32 Å². The molecule has 7 heteroatoms. The fraction of sp³-hybridized carbons (Fsp3) is 0.176. The smallest absolute Gasteiger partial charge is 0.257 e. The van der Waals surface area contributed by atoms with Crippen LogP contribution in [0.1, 0.15) is 26.6 Å². The number of thiazole rings is 1. The minimum Gasteiger partial charge on any atom is -0.324 e. The second-order valence-corrected chi connectivity index (χ2v) is 6.65. The number of benzene rings is 1. The van der Waals surface area contributed by atoms with Crippen molar-refractivity contribution >= 4 is 34.0 Å². The summed E-state index contributed by atoms with van der Waals surface area (Å²) in [5.74, 6) is 0.315. The van der Waals surface area contributed by atoms with E-state index in [9.17, 15) is 4.79 Å². The summed E-state index contributed by atoms with van der Waals surface area (Å²) in [5.41, 5.74) is 3.07. The molecule has 122 valence electrons. The molecule has 2 heterocycles. The molecule has 1 aromatic carbocycles. The maximum Gasteiger partial charge on any atom is 0.257 e. The molecule has 0 unspecified atom stereocenters. The summed E-state index contributed by atoms with van der Waals surface area (Å²) < 4.78 is 0. The minimum absolute atomic E-state index is 0.200. The fourth-order valence-electron chi connectivity index (χ4n) is 2.23. The molecule has 0 spiro atoms. The zero-order chi connectivity index (χ0) is 17.1. The van der Waals surface area contributed by atoms with Crippen LogP contribution in [-0.4, -0.2) is 20.9 Å². The second-order valence-electron chi connectivity index (χ2n) is 5.41. The molecular weight excluding hydrogens is 322 g/mol. The van der Waals surface area contributed by atoms with E-state index in [2.05, 4.69) is 25.6 Å². The van der Waals surface area contributed by atoms with Crippen molar-refractivity contribution in [2.24, 2.45) is 0 Å². The molecule has 0 saturated carbocycles. The minimum atomic E-state index is -0.200. The molecule has 0 aliphatic heterocycles. The van der Waals surface area contributed by atoms with Gasteiger partial charge in [0, 0.05) is 33.7 Å². The quantitative estimate of drug-likeness (QED) is 0.754. The molecule has 2 aromatic heterocycles. The van der Waals surface area contributed by atoms with Crippen LogP contribution in [-0.2, 0) is 0 Å². The van der Waals surface area contributed by atoms with Crippen molar-refractivity contribution in [2.75, 3.05) is 10.6 Å². The lowest BCUT2D eigenvalue weighted by Gasteiger charge is -2.08. The first-order valence-corrected chi connectivity index (χ1v) is 8.24. The number of hydrogen-bond acceptors (Lipinski definition) is 6. The zero-order valence-electron chi connectivity index (χ0n) is 13.6. The molecular formula is C17H17N5OS. The van der Waals surface area contributed by atoms with Gasteiger partial charge in [0.2, 0.25) is 5.95 Å². The van der Waals surface area contributed by atoms with Gasteiger partial charge in [0.1, 0.15) is 0 Å². The van der Waals surface area contributed by atoms with Crippen molar-refractivity contribution < 1.29 is 4.79 Å². The SMILES string of the molecule is Cc1cc(C)nc(Nc2cccc(C(=O)Nc3ncc(C)s3)c2)n1. The maximum absolute atomic E-state index is 12.3. The molecule has 0 fully saturated rings. The third-order valence-corrected chi connectivity index (χ3v) is 4.03. The Hall–Kier alpha value is -2.80. The Morgan fingerprint density at radius 3 is 2.50 bits per heavy atom. The van der Waals surface area contributed by atoms with Gasteiger partial charge in [-0.1, -0.05) is 6.07 Å². The van der Waals surface area contributed by atoms with Gasteiger partial charge in [0.25, 0.3) is 5.91 Å². The molecule has 6 nitrogen and oxygen atoms in total. The molecule has 0 atom stereocenters. The Bertz CT molecular complexity index is 870. The summed E-state index contributed by atoms with van der Waals surface area (Å²) in [6, 6.07) is 9.10. The van der Waals surface area contributed by atoms with Gasteiger partial charge in [0.15, 0.2) is 5.13 Å². The molecule has 3 rings (SSSR count). The van der Waals surface area contributed by atoms with E-state index in [4.69, 9.17) is 0 Å². The van der Waals surface area contributed by atoms with Gasteiger partial charge in [-0.05, 0) is 45.0 Å². The highest BCUT2D eigenvalue weighted by Crippen LogP contribution is 2.19. The highest BCUT2D eigenvalue weighted by atomic mass is 32.1. The van der Waals surface area contributed by atoms with Gasteiger partial charge in [-0.15, -0.1) is 11.3 Å². The number of nitrogens with one attached hydrogen (secondary N) is 2. The molecule has 3 aromatic rings. The number of hydrogen-bond donors (Lipinski definition) is 2. The molecule has 1 amide bonds. The van der Waals surface area contributed by atoms with Crippen LogP contribution >= 0.6 is 11.3 Å². The van der Waals surface area contributed by atoms with Crippen LogP contribution in [0.25, 0.3) is 0 Å². The third kappa shape index (κ3) is 3.94. The lowest BCUT2D eigenvalue weighted by molar-refractivity contribution is 0.102. The van der Waals surface area contributed by atoms with Crippen LogP contribution in [0.15, 0.2) is 36.5 Å². The number of rotatable bonds is 4. The van der Waals surface area contributed by atoms with E-state index >= 15 is 0 Å². The van der Waals surface area contributed by atoms with E-state index in [-0.39, 0.29) is 5.91 Å². The molecule has 0 bridgehead atoms. The number of carbonyl (C=O) groups excluding carboxylic acids is 1. The number of aryl methyl sites for hydroxylation is 3. The first-order valence-electron chi connectivity index (χ1n) is 7.43. The lowest BCUT2D eigenvalue weighted by atomic mass is 10.2. The summed E-state index contributed by atoms with van der Waals surface area (Å²) in [6.07, 6.45) is 1.73. The molecule has 0 radical (unpaired) electrons. The van der Waals surface area contributed by atoms with E-state index in [0.29, 0.717) is 16.6 Å². The molecule has 2 N–H and O–H groups in total. The standard InChI is InChI=1S/C17H17N5OS/c1-10-7-11(2)20-16(19-10)21-14-6-4-5-13(8-14)15(23)22-17-18-9-12(3)24-17/h4-9H,1-3H3,(H,18,22,23)(H,19,20,21). The third-order valence-electron chi connectivity index (χ3n) is 3.20. The predicted octanol–water partition coefficient (Wildman–Crippen LogP) is 3.85. The van der Waals surface area contributed by atoms with E-state index in [1.165, 1.54) is 11.3 Å². The fourth-order valence-corrected chi connectivity index (χ4v) is 2.89. The summed E-state index contributed by atoms with van der Waals surface area (Å²) in [6.45, 7) is 5.78. The molecule has 0 aliphatic rings. The van der Waals surface area contributed by atoms with Gasteiger partial charge in [0.05, 0.1) is 0 Å². The summed E-state index contributed by atoms with van der Waals surface area (Å²) in [5, 5.41) is 6.52. The largest absolute Gasteiger partial charge is 0.324 e. The monoisotopic (exact) mass is 339 g/mol. The van der Waals surface area contributed by atoms with Gasteiger partial charge in [-0.25, -0.2) is 15.0 Å². The van der Waals surface area contributed by atoms with Crippen molar-refractivity contribution in [2.45, 2.75) is 20.8 Å². The van der Waals surface area contributed by atoms with Gasteiger partial charge >= 0.3 is 0 Å². The molecule has 0 aliphatic carbocycles. The van der Waals surface area contributed by atoms with Crippen LogP contribution < -0.4 is 10.6 Å². The Labute approximate surface area is 144 Å². The molecule has 24 heavy (non-hydrogen) atoms. The van der Waals surface area contributed by atoms with E-state index in [1.54, 1.807) is 18.3 Å². The van der Waals surface area contributed by atoms with E-state index in [0.717, 1.165) is 22.0 Å². The van der Waals surface area contributed by atoms with Crippen molar-refractivity contribution in [3.63, 3.8) is 0 Å². The number of carbonyl (C=O) groups is 1. The summed E-state index contributed by atoms with van der Waals surface area (Å²) in [7, 11) is 0. The summed E-state index contributed by atoms with van der Waals surface area (Å²) >= 11 is 1.44. The van der Waals surface area contributed by atoms with E-state index < -0.39 is 0 Å². The van der Waals surface area contributed by atoms with Crippen LogP contribution in [0.3, 0.4) is 0 Å². The van der Waals surface area contributed by atoms with Crippen molar-refractivity contribution in [1.82, 2.24) is 15.0 Å². The normalized spacial score (nSPS) is 10.5. The first kappa shape index (κ1) is 16.1. The predicted molar refractivity (Wildman–Crippen MR) is 96.0 cm³/mol. The van der Waals surface area contributed by atoms with Gasteiger partial charge in [-0.2, -0.15) is 0 Å². The van der Waals surface area contributed by atoms with Crippen molar-refractivity contribution in [3.8, 4) is 0 Å². The number of nitrogens with zero attached hydrogens (tertiary/aromatic N) is 3. The average Bonchev–Trinajstić information content (AvgIpc) is 2.91. The highest BCUT2D eigenvalue weighted by molar-refractivity contribution is 7.15. The second kappa shape index (κ2) is 6.76. The number of aromatic nitrogens is 3.